The quantitative estimate of drug-likeness (QED) is 0.903. The van der Waals surface area contributed by atoms with Gasteiger partial charge >= 0.3 is 0 Å². The molecule has 2 saturated heterocycles. The van der Waals surface area contributed by atoms with Crippen LogP contribution in [0.3, 0.4) is 0 Å². The average molecular weight is 315 g/mol. The van der Waals surface area contributed by atoms with Crippen molar-refractivity contribution in [3.63, 3.8) is 0 Å². The van der Waals surface area contributed by atoms with Gasteiger partial charge in [-0.1, -0.05) is 12.1 Å². The fraction of sp³-hybridized carbons (Fsp3) is 0.556. The first-order valence-electron chi connectivity index (χ1n) is 8.56. The molecular formula is C18H25N3O2. The molecule has 0 saturated carbocycles. The number of nitrogens with one attached hydrogen (secondary N) is 1. The SMILES string of the molecule is C[C@@H](C(=O)NCc1cccc(N2CCCC2)c1)N1CCCC1=O. The third-order valence-electron chi connectivity index (χ3n) is 4.81. The van der Waals surface area contributed by atoms with Crippen molar-refractivity contribution < 1.29 is 9.59 Å². The van der Waals surface area contributed by atoms with Crippen molar-refractivity contribution in [3.05, 3.63) is 29.8 Å². The molecule has 1 aromatic rings. The Balaban J connectivity index is 1.56. The van der Waals surface area contributed by atoms with Gasteiger partial charge in [-0.3, -0.25) is 9.59 Å². The van der Waals surface area contributed by atoms with E-state index in [-0.39, 0.29) is 17.9 Å². The zero-order valence-corrected chi connectivity index (χ0v) is 13.8. The Kier molecular flexibility index (Phi) is 4.84. The third kappa shape index (κ3) is 3.66. The zero-order valence-electron chi connectivity index (χ0n) is 13.8. The van der Waals surface area contributed by atoms with E-state index in [9.17, 15) is 9.59 Å². The highest BCUT2D eigenvalue weighted by Crippen LogP contribution is 2.21. The van der Waals surface area contributed by atoms with Crippen LogP contribution in [0.2, 0.25) is 0 Å². The molecule has 0 aliphatic carbocycles. The molecule has 1 atom stereocenters. The Bertz CT molecular complexity index is 581. The summed E-state index contributed by atoms with van der Waals surface area (Å²) in [5.74, 6) is 0.00973. The number of nitrogens with zero attached hydrogens (tertiary/aromatic N) is 2. The smallest absolute Gasteiger partial charge is 0.242 e. The molecule has 2 fully saturated rings. The molecule has 2 amide bonds. The van der Waals surface area contributed by atoms with Gasteiger partial charge in [0.2, 0.25) is 11.8 Å². The van der Waals surface area contributed by atoms with Crippen LogP contribution in [0, 0.1) is 0 Å². The number of carbonyl (C=O) groups is 2. The summed E-state index contributed by atoms with van der Waals surface area (Å²) in [5, 5.41) is 2.96. The van der Waals surface area contributed by atoms with Gasteiger partial charge in [-0.25, -0.2) is 0 Å². The number of benzene rings is 1. The molecule has 3 rings (SSSR count). The van der Waals surface area contributed by atoms with Gasteiger partial charge in [0.1, 0.15) is 6.04 Å². The number of hydrogen-bond acceptors (Lipinski definition) is 3. The molecule has 2 aliphatic rings. The van der Waals surface area contributed by atoms with Crippen LogP contribution in [0.1, 0.15) is 38.2 Å². The van der Waals surface area contributed by atoms with Crippen LogP contribution in [0.25, 0.3) is 0 Å². The van der Waals surface area contributed by atoms with E-state index in [2.05, 4.69) is 22.3 Å². The highest BCUT2D eigenvalue weighted by molar-refractivity contribution is 5.88. The molecular weight excluding hydrogens is 290 g/mol. The van der Waals surface area contributed by atoms with Gasteiger partial charge in [-0.2, -0.15) is 0 Å². The second-order valence-electron chi connectivity index (χ2n) is 6.45. The minimum Gasteiger partial charge on any atom is -0.372 e. The lowest BCUT2D eigenvalue weighted by Gasteiger charge is -2.23. The van der Waals surface area contributed by atoms with Crippen molar-refractivity contribution in [2.75, 3.05) is 24.5 Å². The van der Waals surface area contributed by atoms with Gasteiger partial charge in [0.05, 0.1) is 0 Å². The van der Waals surface area contributed by atoms with Crippen molar-refractivity contribution in [3.8, 4) is 0 Å². The van der Waals surface area contributed by atoms with Crippen LogP contribution < -0.4 is 10.2 Å². The summed E-state index contributed by atoms with van der Waals surface area (Å²) in [6, 6.07) is 7.97. The van der Waals surface area contributed by atoms with E-state index in [1.165, 1.54) is 18.5 Å². The number of rotatable bonds is 5. The van der Waals surface area contributed by atoms with E-state index < -0.39 is 0 Å². The molecule has 2 aliphatic heterocycles. The molecule has 0 aromatic heterocycles. The van der Waals surface area contributed by atoms with Crippen LogP contribution in [-0.4, -0.2) is 42.4 Å². The third-order valence-corrected chi connectivity index (χ3v) is 4.81. The Morgan fingerprint density at radius 1 is 1.22 bits per heavy atom. The molecule has 0 radical (unpaired) electrons. The summed E-state index contributed by atoms with van der Waals surface area (Å²) in [4.78, 5) is 28.1. The number of likely N-dealkylation sites (tertiary alicyclic amines) is 1. The van der Waals surface area contributed by atoms with Crippen LogP contribution in [-0.2, 0) is 16.1 Å². The van der Waals surface area contributed by atoms with Crippen LogP contribution in [0.5, 0.6) is 0 Å². The highest BCUT2D eigenvalue weighted by atomic mass is 16.2. The van der Waals surface area contributed by atoms with Crippen molar-refractivity contribution in [1.29, 1.82) is 0 Å². The largest absolute Gasteiger partial charge is 0.372 e. The second-order valence-corrected chi connectivity index (χ2v) is 6.45. The van der Waals surface area contributed by atoms with Crippen LogP contribution >= 0.6 is 0 Å². The molecule has 0 bridgehead atoms. The maximum absolute atomic E-state index is 12.3. The highest BCUT2D eigenvalue weighted by Gasteiger charge is 2.29. The summed E-state index contributed by atoms with van der Waals surface area (Å²) in [6.07, 6.45) is 3.93. The molecule has 0 spiro atoms. The lowest BCUT2D eigenvalue weighted by atomic mass is 10.1. The normalized spacial score (nSPS) is 19.3. The molecule has 1 N–H and O–H groups in total. The van der Waals surface area contributed by atoms with Crippen LogP contribution in [0.4, 0.5) is 5.69 Å². The summed E-state index contributed by atoms with van der Waals surface area (Å²) in [6.45, 7) is 5.23. The van der Waals surface area contributed by atoms with Crippen molar-refractivity contribution in [2.24, 2.45) is 0 Å². The molecule has 5 nitrogen and oxygen atoms in total. The Hall–Kier alpha value is -2.04. The summed E-state index contributed by atoms with van der Waals surface area (Å²) >= 11 is 0. The first-order valence-corrected chi connectivity index (χ1v) is 8.56. The number of hydrogen-bond donors (Lipinski definition) is 1. The molecule has 1 aromatic carbocycles. The summed E-state index contributed by atoms with van der Waals surface area (Å²) in [7, 11) is 0. The van der Waals surface area contributed by atoms with Gasteiger partial charge in [0.15, 0.2) is 0 Å². The van der Waals surface area contributed by atoms with Gasteiger partial charge < -0.3 is 15.1 Å². The van der Waals surface area contributed by atoms with Gasteiger partial charge in [-0.15, -0.1) is 0 Å². The molecule has 2 heterocycles. The maximum atomic E-state index is 12.3. The van der Waals surface area contributed by atoms with Gasteiger partial charge in [0.25, 0.3) is 0 Å². The second kappa shape index (κ2) is 7.02. The van der Waals surface area contributed by atoms with Crippen molar-refractivity contribution in [2.45, 2.75) is 45.2 Å². The average Bonchev–Trinajstić information content (AvgIpc) is 3.23. The van der Waals surface area contributed by atoms with E-state index in [0.717, 1.165) is 25.1 Å². The summed E-state index contributed by atoms with van der Waals surface area (Å²) in [5.41, 5.74) is 2.33. The lowest BCUT2D eigenvalue weighted by Crippen LogP contribution is -2.45. The number of anilines is 1. The monoisotopic (exact) mass is 315 g/mol. The van der Waals surface area contributed by atoms with Gasteiger partial charge in [-0.05, 0) is 43.9 Å². The zero-order chi connectivity index (χ0) is 16.2. The van der Waals surface area contributed by atoms with E-state index in [1.54, 1.807) is 11.8 Å². The predicted octanol–water partition coefficient (Wildman–Crippen LogP) is 1.91. The van der Waals surface area contributed by atoms with E-state index >= 15 is 0 Å². The first-order chi connectivity index (χ1) is 11.1. The fourth-order valence-electron chi connectivity index (χ4n) is 3.40. The fourth-order valence-corrected chi connectivity index (χ4v) is 3.40. The predicted molar refractivity (Wildman–Crippen MR) is 90.1 cm³/mol. The topological polar surface area (TPSA) is 52.7 Å². The van der Waals surface area contributed by atoms with E-state index in [1.807, 2.05) is 12.1 Å². The van der Waals surface area contributed by atoms with E-state index in [4.69, 9.17) is 0 Å². The first kappa shape index (κ1) is 15.8. The molecule has 23 heavy (non-hydrogen) atoms. The molecule has 5 heteroatoms. The Morgan fingerprint density at radius 2 is 2.00 bits per heavy atom. The summed E-state index contributed by atoms with van der Waals surface area (Å²) < 4.78 is 0. The molecule has 0 unspecified atom stereocenters. The van der Waals surface area contributed by atoms with Gasteiger partial charge in [0, 0.05) is 38.3 Å². The number of carbonyl (C=O) groups excluding carboxylic acids is 2. The van der Waals surface area contributed by atoms with Crippen LogP contribution in [0.15, 0.2) is 24.3 Å². The number of amides is 2. The Labute approximate surface area is 137 Å². The lowest BCUT2D eigenvalue weighted by molar-refractivity contribution is -0.136. The molecule has 124 valence electrons. The van der Waals surface area contributed by atoms with Crippen molar-refractivity contribution in [1.82, 2.24) is 10.2 Å². The minimum absolute atomic E-state index is 0.0770. The van der Waals surface area contributed by atoms with E-state index in [0.29, 0.717) is 19.5 Å². The van der Waals surface area contributed by atoms with Crippen molar-refractivity contribution >= 4 is 17.5 Å². The Morgan fingerprint density at radius 3 is 2.70 bits per heavy atom. The maximum Gasteiger partial charge on any atom is 0.242 e. The standard InChI is InChI=1S/C18H25N3O2/c1-14(21-11-5-8-17(21)22)18(23)19-13-15-6-4-7-16(12-15)20-9-2-3-10-20/h4,6-7,12,14H,2-3,5,8-11,13H2,1H3,(H,19,23)/t14-/m0/s1. The minimum atomic E-state index is -0.383.